The molecule has 236 valence electrons. The maximum Gasteiger partial charge on any atom is 0.331 e. The van der Waals surface area contributed by atoms with Crippen molar-refractivity contribution < 1.29 is 48.6 Å². The van der Waals surface area contributed by atoms with E-state index in [2.05, 4.69) is 13.8 Å². The second-order valence-corrected chi connectivity index (χ2v) is 14.4. The lowest BCUT2D eigenvalue weighted by Gasteiger charge is -2.65. The molecule has 6 aliphatic rings. The molecule has 6 rings (SSSR count). The Labute approximate surface area is 248 Å². The fourth-order valence-corrected chi connectivity index (χ4v) is 10.5. The highest BCUT2D eigenvalue weighted by Gasteiger charge is 2.69. The minimum absolute atomic E-state index is 0.0601. The molecule has 10 nitrogen and oxygen atoms in total. The Kier molecular flexibility index (Phi) is 7.84. The van der Waals surface area contributed by atoms with Gasteiger partial charge in [-0.05, 0) is 81.1 Å². The zero-order chi connectivity index (χ0) is 30.2. The first-order chi connectivity index (χ1) is 19.8. The number of methoxy groups -OCH3 is 1. The van der Waals surface area contributed by atoms with Crippen LogP contribution in [0.3, 0.4) is 0 Å². The molecule has 3 N–H and O–H groups in total. The summed E-state index contributed by atoms with van der Waals surface area (Å²) in [6.45, 7) is 7.93. The molecule has 0 aromatic carbocycles. The lowest BCUT2D eigenvalue weighted by atomic mass is 9.42. The van der Waals surface area contributed by atoms with Crippen LogP contribution in [0.25, 0.3) is 0 Å². The molecule has 0 aromatic rings. The van der Waals surface area contributed by atoms with E-state index in [1.807, 2.05) is 0 Å². The van der Waals surface area contributed by atoms with Crippen LogP contribution in [0.5, 0.6) is 0 Å². The van der Waals surface area contributed by atoms with Crippen molar-refractivity contribution in [2.45, 2.75) is 128 Å². The van der Waals surface area contributed by atoms with Crippen LogP contribution in [-0.4, -0.2) is 89.5 Å². The summed E-state index contributed by atoms with van der Waals surface area (Å²) < 4.78 is 28.9. The first-order valence-electron chi connectivity index (χ1n) is 15.8. The summed E-state index contributed by atoms with van der Waals surface area (Å²) in [6.07, 6.45) is 2.58. The van der Waals surface area contributed by atoms with Crippen molar-refractivity contribution in [1.29, 1.82) is 0 Å². The lowest BCUT2D eigenvalue weighted by Crippen LogP contribution is -2.66. The van der Waals surface area contributed by atoms with Gasteiger partial charge in [-0.25, -0.2) is 4.79 Å². The molecule has 10 heteroatoms. The smallest absolute Gasteiger partial charge is 0.331 e. The summed E-state index contributed by atoms with van der Waals surface area (Å²) in [5.41, 5.74) is -0.555. The van der Waals surface area contributed by atoms with E-state index in [9.17, 15) is 24.9 Å². The van der Waals surface area contributed by atoms with Gasteiger partial charge < -0.3 is 39.0 Å². The van der Waals surface area contributed by atoms with E-state index in [0.717, 1.165) is 44.1 Å². The Morgan fingerprint density at radius 3 is 2.48 bits per heavy atom. The first kappa shape index (κ1) is 30.5. The molecule has 4 aliphatic carbocycles. The minimum Gasteiger partial charge on any atom is -0.462 e. The number of ether oxygens (including phenoxy) is 5. The number of aliphatic hydroxyl groups excluding tert-OH is 2. The van der Waals surface area contributed by atoms with Crippen LogP contribution in [0.1, 0.15) is 79.1 Å². The van der Waals surface area contributed by atoms with Crippen molar-refractivity contribution in [1.82, 2.24) is 0 Å². The molecule has 14 atom stereocenters. The lowest BCUT2D eigenvalue weighted by molar-refractivity contribution is -0.318. The molecular weight excluding hydrogens is 544 g/mol. The molecule has 42 heavy (non-hydrogen) atoms. The van der Waals surface area contributed by atoms with Crippen LogP contribution in [0.4, 0.5) is 0 Å². The zero-order valence-corrected chi connectivity index (χ0v) is 25.5. The topological polar surface area (TPSA) is 141 Å². The van der Waals surface area contributed by atoms with Gasteiger partial charge >= 0.3 is 11.9 Å². The van der Waals surface area contributed by atoms with Crippen LogP contribution in [0.15, 0.2) is 11.6 Å². The molecule has 5 fully saturated rings. The number of esters is 2. The Morgan fingerprint density at radius 2 is 1.81 bits per heavy atom. The summed E-state index contributed by atoms with van der Waals surface area (Å²) in [6, 6.07) is 0. The van der Waals surface area contributed by atoms with E-state index in [1.54, 1.807) is 13.0 Å². The van der Waals surface area contributed by atoms with Gasteiger partial charge in [-0.15, -0.1) is 0 Å². The van der Waals surface area contributed by atoms with E-state index >= 15 is 0 Å². The van der Waals surface area contributed by atoms with Crippen molar-refractivity contribution in [3.8, 4) is 0 Å². The Morgan fingerprint density at radius 1 is 1.05 bits per heavy atom. The van der Waals surface area contributed by atoms with E-state index in [4.69, 9.17) is 23.7 Å². The number of carbonyl (C=O) groups excluding carboxylic acids is 2. The van der Waals surface area contributed by atoms with E-state index < -0.39 is 42.4 Å². The van der Waals surface area contributed by atoms with Gasteiger partial charge in [0.1, 0.15) is 31.0 Å². The van der Waals surface area contributed by atoms with Gasteiger partial charge in [-0.2, -0.15) is 0 Å². The average molecular weight is 593 g/mol. The summed E-state index contributed by atoms with van der Waals surface area (Å²) in [5, 5.41) is 33.8. The molecule has 2 aliphatic heterocycles. The van der Waals surface area contributed by atoms with Crippen LogP contribution < -0.4 is 0 Å². The second-order valence-electron chi connectivity index (χ2n) is 14.4. The Bertz CT molecular complexity index is 1110. The van der Waals surface area contributed by atoms with Gasteiger partial charge in [0.25, 0.3) is 0 Å². The third kappa shape index (κ3) is 4.50. The molecule has 1 saturated heterocycles. The van der Waals surface area contributed by atoms with Crippen molar-refractivity contribution >= 4 is 11.9 Å². The molecular formula is C32H48O10. The zero-order valence-electron chi connectivity index (χ0n) is 25.5. The molecule has 0 radical (unpaired) electrons. The van der Waals surface area contributed by atoms with Gasteiger partial charge in [0.2, 0.25) is 0 Å². The van der Waals surface area contributed by atoms with E-state index in [1.165, 1.54) is 14.0 Å². The highest BCUT2D eigenvalue weighted by molar-refractivity contribution is 5.85. The van der Waals surface area contributed by atoms with Gasteiger partial charge in [-0.3, -0.25) is 4.79 Å². The van der Waals surface area contributed by atoms with Gasteiger partial charge in [0, 0.05) is 37.4 Å². The number of carbonyl (C=O) groups is 2. The number of hydrogen-bond donors (Lipinski definition) is 3. The number of fused-ring (bicyclic) bond motifs is 5. The average Bonchev–Trinajstić information content (AvgIpc) is 3.47. The molecule has 0 aromatic heterocycles. The highest BCUT2D eigenvalue weighted by Crippen LogP contribution is 2.70. The normalized spacial score (nSPS) is 52.0. The minimum atomic E-state index is -1.16. The number of hydrogen-bond acceptors (Lipinski definition) is 10. The van der Waals surface area contributed by atoms with Crippen LogP contribution in [0, 0.1) is 34.5 Å². The third-order valence-electron chi connectivity index (χ3n) is 12.7. The number of rotatable bonds is 5. The maximum atomic E-state index is 12.6. The van der Waals surface area contributed by atoms with Crippen molar-refractivity contribution in [3.05, 3.63) is 11.6 Å². The van der Waals surface area contributed by atoms with E-state index in [0.29, 0.717) is 19.4 Å². The quantitative estimate of drug-likeness (QED) is 0.322. The number of aliphatic hydroxyl groups is 3. The summed E-state index contributed by atoms with van der Waals surface area (Å²) in [7, 11) is 1.45. The van der Waals surface area contributed by atoms with Gasteiger partial charge in [0.05, 0.1) is 17.8 Å². The van der Waals surface area contributed by atoms with Crippen molar-refractivity contribution in [3.63, 3.8) is 0 Å². The standard InChI is InChI=1S/C32H48O10/c1-16-26(35)28(38-5)27(36)29(40-16)42-20-13-19-6-7-23-22(31(19,4)24(14-20)41-17(2)33)8-10-30(3)21(9-11-32(23,30)37)18-12-25(34)39-15-18/h12,16,19-24,26-29,35-37H,6-11,13-15H2,1-5H3/t16-,19-,20+,21-,22+,23-,24-,26+,27+,28+,29-,30+,31-,32-/m0/s1. The highest BCUT2D eigenvalue weighted by atomic mass is 16.7. The van der Waals surface area contributed by atoms with Crippen molar-refractivity contribution in [2.24, 2.45) is 34.5 Å². The third-order valence-corrected chi connectivity index (χ3v) is 12.7. The van der Waals surface area contributed by atoms with Gasteiger partial charge in [0.15, 0.2) is 6.29 Å². The maximum absolute atomic E-state index is 12.6. The fourth-order valence-electron chi connectivity index (χ4n) is 10.5. The monoisotopic (exact) mass is 592 g/mol. The van der Waals surface area contributed by atoms with E-state index in [-0.39, 0.29) is 52.5 Å². The second kappa shape index (κ2) is 10.8. The Balaban J connectivity index is 1.24. The van der Waals surface area contributed by atoms with Crippen LogP contribution >= 0.6 is 0 Å². The summed E-state index contributed by atoms with van der Waals surface area (Å²) in [5.74, 6) is -0.0945. The van der Waals surface area contributed by atoms with Crippen LogP contribution in [0.2, 0.25) is 0 Å². The molecule has 4 saturated carbocycles. The molecule has 0 spiro atoms. The number of cyclic esters (lactones) is 1. The summed E-state index contributed by atoms with van der Waals surface area (Å²) in [4.78, 5) is 24.3. The predicted octanol–water partition coefficient (Wildman–Crippen LogP) is 2.65. The Hall–Kier alpha value is -1.56. The molecule has 0 amide bonds. The molecule has 2 heterocycles. The predicted molar refractivity (Wildman–Crippen MR) is 149 cm³/mol. The summed E-state index contributed by atoms with van der Waals surface area (Å²) >= 11 is 0. The van der Waals surface area contributed by atoms with Gasteiger partial charge in [-0.1, -0.05) is 13.8 Å². The first-order valence-corrected chi connectivity index (χ1v) is 15.8. The molecule has 0 bridgehead atoms. The molecule has 0 unspecified atom stereocenters. The SMILES string of the molecule is CO[C@H]1[C@@H](O)[C@H](O[C@@H]2C[C@@H]3CC[C@H]4[C@@H](CC[C@]5(C)[C@H](C6=CC(=O)OC6)CC[C@]45O)[C@@]3(C)[C@@H](OC(C)=O)C2)O[C@@H](C)[C@H]1O. The van der Waals surface area contributed by atoms with Crippen molar-refractivity contribution in [2.75, 3.05) is 13.7 Å². The largest absolute Gasteiger partial charge is 0.462 e. The van der Waals surface area contributed by atoms with Crippen LogP contribution in [-0.2, 0) is 33.3 Å². The fraction of sp³-hybridized carbons (Fsp3) is 0.875.